The molecule has 0 aliphatic heterocycles. The van der Waals surface area contributed by atoms with Crippen molar-refractivity contribution in [2.45, 2.75) is 11.8 Å². The van der Waals surface area contributed by atoms with Crippen molar-refractivity contribution in [2.24, 2.45) is 0 Å². The van der Waals surface area contributed by atoms with Crippen LogP contribution in [0.4, 0.5) is 11.4 Å². The largest absolute Gasteiger partial charge is 0.493 e. The molecule has 190 valence electrons. The van der Waals surface area contributed by atoms with E-state index in [1.807, 2.05) is 6.07 Å². The maximum atomic E-state index is 12.8. The van der Waals surface area contributed by atoms with Crippen LogP contribution in [0.25, 0.3) is 6.08 Å². The summed E-state index contributed by atoms with van der Waals surface area (Å²) >= 11 is 9.11. The fraction of sp³-hybridized carbons (Fsp3) is 0.0800. The Bertz CT molecular complexity index is 1520. The Morgan fingerprint density at radius 2 is 1.62 bits per heavy atom. The number of amides is 2. The molecule has 0 aliphatic carbocycles. The topological polar surface area (TPSA) is 135 Å². The Balaban J connectivity index is 1.87. The van der Waals surface area contributed by atoms with E-state index in [2.05, 4.69) is 26.6 Å². The van der Waals surface area contributed by atoms with E-state index in [-0.39, 0.29) is 32.3 Å². The molecule has 0 saturated carbocycles. The molecule has 0 fully saturated rings. The first-order chi connectivity index (χ1) is 17.5. The van der Waals surface area contributed by atoms with E-state index in [1.54, 1.807) is 24.3 Å². The minimum atomic E-state index is -4.27. The van der Waals surface area contributed by atoms with E-state index in [1.165, 1.54) is 56.5 Å². The summed E-state index contributed by atoms with van der Waals surface area (Å²) in [6.45, 7) is 1.34. The predicted octanol–water partition coefficient (Wildman–Crippen LogP) is 5.38. The van der Waals surface area contributed by atoms with Gasteiger partial charge < -0.3 is 19.6 Å². The Hall–Kier alpha value is -3.85. The summed E-state index contributed by atoms with van der Waals surface area (Å²) in [4.78, 5) is 23.6. The zero-order valence-corrected chi connectivity index (χ0v) is 22.6. The van der Waals surface area contributed by atoms with E-state index in [4.69, 9.17) is 20.5 Å². The van der Waals surface area contributed by atoms with Crippen LogP contribution in [0.3, 0.4) is 0 Å². The highest BCUT2D eigenvalue weighted by Gasteiger charge is 2.22. The number of nitrogens with one attached hydrogen (secondary N) is 2. The molecule has 0 radical (unpaired) electrons. The van der Waals surface area contributed by atoms with E-state index in [9.17, 15) is 23.3 Å². The minimum Gasteiger partial charge on any atom is -0.493 e. The van der Waals surface area contributed by atoms with Gasteiger partial charge in [-0.2, -0.15) is 13.7 Å². The summed E-state index contributed by atoms with van der Waals surface area (Å²) in [5, 5.41) is 15.2. The van der Waals surface area contributed by atoms with Gasteiger partial charge in [0.25, 0.3) is 5.91 Å². The monoisotopic (exact) mass is 603 g/mol. The average molecular weight is 605 g/mol. The van der Waals surface area contributed by atoms with Crippen molar-refractivity contribution in [3.63, 3.8) is 0 Å². The third-order valence-electron chi connectivity index (χ3n) is 4.69. The smallest absolute Gasteiger partial charge is 0.339 e. The molecule has 3 aromatic rings. The number of rotatable bonds is 8. The number of carbonyl (C=O) groups is 2. The Kier molecular flexibility index (Phi) is 8.94. The lowest BCUT2D eigenvalue weighted by atomic mass is 10.1. The fourth-order valence-corrected chi connectivity index (χ4v) is 4.75. The second kappa shape index (κ2) is 11.9. The molecule has 37 heavy (non-hydrogen) atoms. The van der Waals surface area contributed by atoms with E-state index < -0.39 is 16.0 Å². The van der Waals surface area contributed by atoms with Gasteiger partial charge in [0.2, 0.25) is 5.91 Å². The van der Waals surface area contributed by atoms with Crippen LogP contribution in [-0.4, -0.2) is 27.3 Å². The third-order valence-corrected chi connectivity index (χ3v) is 6.76. The fourth-order valence-electron chi connectivity index (χ4n) is 3.02. The first-order valence-corrected chi connectivity index (χ1v) is 13.0. The van der Waals surface area contributed by atoms with E-state index >= 15 is 0 Å². The van der Waals surface area contributed by atoms with Crippen molar-refractivity contribution < 1.29 is 26.9 Å². The average Bonchev–Trinajstić information content (AvgIpc) is 2.85. The Labute approximate surface area is 226 Å². The molecular weight excluding hydrogens is 586 g/mol. The van der Waals surface area contributed by atoms with Crippen molar-refractivity contribution in [2.75, 3.05) is 17.7 Å². The van der Waals surface area contributed by atoms with Gasteiger partial charge in [0.1, 0.15) is 16.5 Å². The molecule has 0 atom stereocenters. The summed E-state index contributed by atoms with van der Waals surface area (Å²) in [7, 11) is -2.95. The molecular formula is C25H19BrClN3O6S. The summed E-state index contributed by atoms with van der Waals surface area (Å²) in [6.07, 6.45) is 1.32. The van der Waals surface area contributed by atoms with Crippen molar-refractivity contribution in [3.05, 3.63) is 81.3 Å². The second-order valence-electron chi connectivity index (χ2n) is 7.41. The van der Waals surface area contributed by atoms with Crippen molar-refractivity contribution in [1.29, 1.82) is 5.26 Å². The molecule has 0 saturated heterocycles. The van der Waals surface area contributed by atoms with Gasteiger partial charge in [0.05, 0.1) is 11.6 Å². The normalized spacial score (nSPS) is 11.3. The van der Waals surface area contributed by atoms with E-state index in [0.717, 1.165) is 0 Å². The summed E-state index contributed by atoms with van der Waals surface area (Å²) < 4.78 is 36.5. The molecule has 0 aliphatic rings. The van der Waals surface area contributed by atoms with Gasteiger partial charge in [-0.1, -0.05) is 11.6 Å². The van der Waals surface area contributed by atoms with Crippen LogP contribution in [0, 0.1) is 11.3 Å². The number of nitriles is 1. The standard InChI is InChI=1S/C25H19BrClN3O6S/c1-15(31)29-19-7-9-21(10-8-19)37(33,34)36-24-22(26)12-16(13-23(24)35-2)11-17(14-28)25(32)30-20-5-3-18(27)4-6-20/h3-13H,1-2H3,(H,29,31)(H,30,32)/b17-11+. The number of halogens is 2. The molecule has 0 spiro atoms. The molecule has 3 aromatic carbocycles. The van der Waals surface area contributed by atoms with Crippen molar-refractivity contribution in [3.8, 4) is 17.6 Å². The number of methoxy groups -OCH3 is 1. The van der Waals surface area contributed by atoms with Gasteiger partial charge in [-0.3, -0.25) is 9.59 Å². The highest BCUT2D eigenvalue weighted by atomic mass is 79.9. The first kappa shape index (κ1) is 27.7. The number of ether oxygens (including phenoxy) is 1. The van der Waals surface area contributed by atoms with Gasteiger partial charge in [-0.05, 0) is 88.2 Å². The quantitative estimate of drug-likeness (QED) is 0.200. The van der Waals surface area contributed by atoms with Crippen LogP contribution in [0.15, 0.2) is 75.6 Å². The zero-order chi connectivity index (χ0) is 27.2. The molecule has 0 unspecified atom stereocenters. The van der Waals surface area contributed by atoms with Gasteiger partial charge in [0.15, 0.2) is 11.5 Å². The summed E-state index contributed by atoms with van der Waals surface area (Å²) in [5.74, 6) is -1.04. The molecule has 0 aromatic heterocycles. The van der Waals surface area contributed by atoms with Gasteiger partial charge in [-0.25, -0.2) is 0 Å². The van der Waals surface area contributed by atoms with Crippen LogP contribution in [-0.2, 0) is 19.7 Å². The Morgan fingerprint density at radius 1 is 1.03 bits per heavy atom. The summed E-state index contributed by atoms with van der Waals surface area (Å²) in [6, 6.07) is 16.5. The number of hydrogen-bond donors (Lipinski definition) is 2. The number of benzene rings is 3. The molecule has 9 nitrogen and oxygen atoms in total. The van der Waals surface area contributed by atoms with Gasteiger partial charge >= 0.3 is 10.1 Å². The molecule has 2 amide bonds. The van der Waals surface area contributed by atoms with Crippen LogP contribution >= 0.6 is 27.5 Å². The lowest BCUT2D eigenvalue weighted by Gasteiger charge is -2.14. The number of anilines is 2. The lowest BCUT2D eigenvalue weighted by molar-refractivity contribution is -0.114. The van der Waals surface area contributed by atoms with Crippen molar-refractivity contribution in [1.82, 2.24) is 0 Å². The van der Waals surface area contributed by atoms with Crippen LogP contribution in [0.1, 0.15) is 12.5 Å². The first-order valence-electron chi connectivity index (χ1n) is 10.4. The highest BCUT2D eigenvalue weighted by Crippen LogP contribution is 2.39. The Morgan fingerprint density at radius 3 is 2.19 bits per heavy atom. The number of carbonyl (C=O) groups excluding carboxylic acids is 2. The van der Waals surface area contributed by atoms with Crippen LogP contribution < -0.4 is 19.6 Å². The molecule has 3 rings (SSSR count). The minimum absolute atomic E-state index is 0.0365. The maximum Gasteiger partial charge on any atom is 0.339 e. The highest BCUT2D eigenvalue weighted by molar-refractivity contribution is 9.10. The van der Waals surface area contributed by atoms with Gasteiger partial charge in [0, 0.05) is 23.3 Å². The SMILES string of the molecule is COc1cc(/C=C(\C#N)C(=O)Nc2ccc(Cl)cc2)cc(Br)c1OS(=O)(=O)c1ccc(NC(C)=O)cc1. The third kappa shape index (κ3) is 7.33. The second-order valence-corrected chi connectivity index (χ2v) is 10.2. The zero-order valence-electron chi connectivity index (χ0n) is 19.4. The van der Waals surface area contributed by atoms with Crippen LogP contribution in [0.5, 0.6) is 11.5 Å². The molecule has 2 N–H and O–H groups in total. The molecule has 0 heterocycles. The predicted molar refractivity (Wildman–Crippen MR) is 143 cm³/mol. The number of nitrogens with zero attached hydrogens (tertiary/aromatic N) is 1. The number of hydrogen-bond acceptors (Lipinski definition) is 7. The van der Waals surface area contributed by atoms with Crippen molar-refractivity contribution >= 4 is 66.9 Å². The summed E-state index contributed by atoms with van der Waals surface area (Å²) in [5.41, 5.74) is 1.04. The maximum absolute atomic E-state index is 12.8. The lowest BCUT2D eigenvalue weighted by Crippen LogP contribution is -2.13. The van der Waals surface area contributed by atoms with Gasteiger partial charge in [-0.15, -0.1) is 0 Å². The van der Waals surface area contributed by atoms with Crippen LogP contribution in [0.2, 0.25) is 5.02 Å². The van der Waals surface area contributed by atoms with E-state index in [0.29, 0.717) is 22.0 Å². The molecule has 12 heteroatoms. The molecule has 0 bridgehead atoms.